The van der Waals surface area contributed by atoms with Crippen LogP contribution in [0.4, 0.5) is 0 Å². The van der Waals surface area contributed by atoms with E-state index < -0.39 is 10.0 Å². The minimum atomic E-state index is -3.46. The predicted molar refractivity (Wildman–Crippen MR) is 107 cm³/mol. The molecule has 27 heavy (non-hydrogen) atoms. The molecule has 1 aliphatic heterocycles. The van der Waals surface area contributed by atoms with Crippen LogP contribution in [-0.2, 0) is 21.2 Å². The molecule has 1 saturated heterocycles. The maximum atomic E-state index is 12.7. The fourth-order valence-corrected chi connectivity index (χ4v) is 5.16. The van der Waals surface area contributed by atoms with Crippen molar-refractivity contribution in [2.75, 3.05) is 39.3 Å². The molecule has 3 rings (SSSR count). The molecule has 146 valence electrons. The number of carbonyl (C=O) groups excluding carboxylic acids is 1. The van der Waals surface area contributed by atoms with Gasteiger partial charge < -0.3 is 5.32 Å². The Bertz CT molecular complexity index is 841. The van der Waals surface area contributed by atoms with Crippen molar-refractivity contribution in [1.29, 1.82) is 0 Å². The molecule has 8 heteroatoms. The number of hydrogen-bond acceptors (Lipinski definition) is 5. The highest BCUT2D eigenvalue weighted by Crippen LogP contribution is 2.18. The van der Waals surface area contributed by atoms with Gasteiger partial charge in [0.05, 0.1) is 11.4 Å². The van der Waals surface area contributed by atoms with Crippen molar-refractivity contribution < 1.29 is 13.2 Å². The Morgan fingerprint density at radius 2 is 1.81 bits per heavy atom. The van der Waals surface area contributed by atoms with E-state index in [9.17, 15) is 13.2 Å². The van der Waals surface area contributed by atoms with Crippen molar-refractivity contribution >= 4 is 27.3 Å². The Morgan fingerprint density at radius 3 is 2.44 bits per heavy atom. The Balaban J connectivity index is 1.44. The van der Waals surface area contributed by atoms with Gasteiger partial charge in [0, 0.05) is 37.6 Å². The lowest BCUT2D eigenvalue weighted by molar-refractivity contribution is -0.122. The van der Waals surface area contributed by atoms with Gasteiger partial charge in [-0.15, -0.1) is 11.3 Å². The van der Waals surface area contributed by atoms with Gasteiger partial charge in [-0.2, -0.15) is 4.31 Å². The molecule has 0 saturated carbocycles. The second kappa shape index (κ2) is 8.97. The first-order chi connectivity index (χ1) is 12.9. The fourth-order valence-electron chi connectivity index (χ4n) is 3.03. The fraction of sp³-hybridized carbons (Fsp3) is 0.421. The summed E-state index contributed by atoms with van der Waals surface area (Å²) in [5, 5.41) is 4.96. The number of nitrogens with zero attached hydrogens (tertiary/aromatic N) is 2. The van der Waals surface area contributed by atoms with Crippen molar-refractivity contribution in [2.24, 2.45) is 0 Å². The Morgan fingerprint density at radius 1 is 1.11 bits per heavy atom. The van der Waals surface area contributed by atoms with E-state index in [-0.39, 0.29) is 5.91 Å². The van der Waals surface area contributed by atoms with E-state index in [2.05, 4.69) is 11.4 Å². The Labute approximate surface area is 164 Å². The van der Waals surface area contributed by atoms with Gasteiger partial charge in [-0.1, -0.05) is 23.8 Å². The molecule has 0 bridgehead atoms. The second-order valence-corrected chi connectivity index (χ2v) is 9.64. The van der Waals surface area contributed by atoms with Gasteiger partial charge in [0.15, 0.2) is 0 Å². The number of nitrogens with one attached hydrogen (secondary N) is 1. The highest BCUT2D eigenvalue weighted by atomic mass is 32.2. The van der Waals surface area contributed by atoms with E-state index in [1.165, 1.54) is 9.18 Å². The first-order valence-electron chi connectivity index (χ1n) is 9.03. The van der Waals surface area contributed by atoms with Gasteiger partial charge in [-0.3, -0.25) is 9.69 Å². The number of amides is 1. The van der Waals surface area contributed by atoms with E-state index in [1.807, 2.05) is 35.4 Å². The summed E-state index contributed by atoms with van der Waals surface area (Å²) in [4.78, 5) is 15.7. The Kier molecular flexibility index (Phi) is 6.64. The lowest BCUT2D eigenvalue weighted by Crippen LogP contribution is -2.51. The summed E-state index contributed by atoms with van der Waals surface area (Å²) in [6, 6.07) is 11.0. The third kappa shape index (κ3) is 5.38. The van der Waals surface area contributed by atoms with Crippen LogP contribution in [0.25, 0.3) is 0 Å². The SMILES string of the molecule is Cc1ccc(S(=O)(=O)N2CCN(CC(=O)NCCc3cccs3)CC2)cc1. The average molecular weight is 408 g/mol. The van der Waals surface area contributed by atoms with E-state index in [1.54, 1.807) is 23.5 Å². The normalized spacial score (nSPS) is 16.3. The van der Waals surface area contributed by atoms with Crippen molar-refractivity contribution in [2.45, 2.75) is 18.2 Å². The van der Waals surface area contributed by atoms with Crippen molar-refractivity contribution in [3.63, 3.8) is 0 Å². The zero-order chi connectivity index (χ0) is 19.3. The van der Waals surface area contributed by atoms with Gasteiger partial charge in [-0.25, -0.2) is 8.42 Å². The number of hydrogen-bond donors (Lipinski definition) is 1. The van der Waals surface area contributed by atoms with Gasteiger partial charge in [0.25, 0.3) is 0 Å². The molecule has 0 aliphatic carbocycles. The van der Waals surface area contributed by atoms with E-state index in [0.29, 0.717) is 44.2 Å². The number of rotatable bonds is 7. The van der Waals surface area contributed by atoms with Crippen molar-refractivity contribution in [3.05, 3.63) is 52.2 Å². The molecule has 0 spiro atoms. The molecule has 1 fully saturated rings. The molecular formula is C19H25N3O3S2. The zero-order valence-electron chi connectivity index (χ0n) is 15.4. The molecule has 1 aromatic carbocycles. The van der Waals surface area contributed by atoms with Gasteiger partial charge >= 0.3 is 0 Å². The average Bonchev–Trinajstić information content (AvgIpc) is 3.16. The molecule has 2 aromatic rings. The minimum Gasteiger partial charge on any atom is -0.355 e. The highest BCUT2D eigenvalue weighted by Gasteiger charge is 2.28. The topological polar surface area (TPSA) is 69.7 Å². The van der Waals surface area contributed by atoms with Crippen LogP contribution in [0.2, 0.25) is 0 Å². The van der Waals surface area contributed by atoms with Crippen LogP contribution in [-0.4, -0.2) is 62.8 Å². The molecule has 1 aliphatic rings. The second-order valence-electron chi connectivity index (χ2n) is 6.67. The summed E-state index contributed by atoms with van der Waals surface area (Å²) in [6.45, 7) is 4.79. The smallest absolute Gasteiger partial charge is 0.243 e. The van der Waals surface area contributed by atoms with Crippen LogP contribution < -0.4 is 5.32 Å². The molecule has 0 radical (unpaired) electrons. The van der Waals surface area contributed by atoms with E-state index in [4.69, 9.17) is 0 Å². The number of carbonyl (C=O) groups is 1. The summed E-state index contributed by atoms with van der Waals surface area (Å²) in [5.74, 6) is -0.0126. The van der Waals surface area contributed by atoms with Crippen LogP contribution in [0.3, 0.4) is 0 Å². The van der Waals surface area contributed by atoms with Gasteiger partial charge in [0.1, 0.15) is 0 Å². The standard InChI is InChI=1S/C19H25N3O3S2/c1-16-4-6-18(7-5-16)27(24,25)22-12-10-21(11-13-22)15-19(23)20-9-8-17-3-2-14-26-17/h2-7,14H,8-13,15H2,1H3,(H,20,23). The summed E-state index contributed by atoms with van der Waals surface area (Å²) < 4.78 is 26.9. The third-order valence-electron chi connectivity index (χ3n) is 4.63. The number of piperazine rings is 1. The maximum absolute atomic E-state index is 12.7. The van der Waals surface area contributed by atoms with Crippen LogP contribution in [0.5, 0.6) is 0 Å². The van der Waals surface area contributed by atoms with Crippen molar-refractivity contribution in [3.8, 4) is 0 Å². The molecule has 0 atom stereocenters. The summed E-state index contributed by atoms with van der Waals surface area (Å²) in [7, 11) is -3.46. The largest absolute Gasteiger partial charge is 0.355 e. The minimum absolute atomic E-state index is 0.0126. The molecule has 1 aromatic heterocycles. The zero-order valence-corrected chi connectivity index (χ0v) is 17.1. The lowest BCUT2D eigenvalue weighted by Gasteiger charge is -2.33. The van der Waals surface area contributed by atoms with Crippen LogP contribution in [0.1, 0.15) is 10.4 Å². The maximum Gasteiger partial charge on any atom is 0.243 e. The monoisotopic (exact) mass is 407 g/mol. The summed E-state index contributed by atoms with van der Waals surface area (Å²) in [5.41, 5.74) is 1.03. The third-order valence-corrected chi connectivity index (χ3v) is 7.48. The lowest BCUT2D eigenvalue weighted by atomic mass is 10.2. The quantitative estimate of drug-likeness (QED) is 0.759. The van der Waals surface area contributed by atoms with E-state index >= 15 is 0 Å². The summed E-state index contributed by atoms with van der Waals surface area (Å²) in [6.07, 6.45) is 0.839. The highest BCUT2D eigenvalue weighted by molar-refractivity contribution is 7.89. The molecule has 6 nitrogen and oxygen atoms in total. The first kappa shape index (κ1) is 20.0. The summed E-state index contributed by atoms with van der Waals surface area (Å²) >= 11 is 1.69. The Hall–Kier alpha value is -1.74. The number of benzene rings is 1. The van der Waals surface area contributed by atoms with Crippen LogP contribution in [0.15, 0.2) is 46.7 Å². The molecule has 2 heterocycles. The number of aryl methyl sites for hydroxylation is 1. The predicted octanol–water partition coefficient (Wildman–Crippen LogP) is 1.72. The molecule has 0 unspecified atom stereocenters. The van der Waals surface area contributed by atoms with Crippen LogP contribution in [0, 0.1) is 6.92 Å². The number of sulfonamides is 1. The first-order valence-corrected chi connectivity index (χ1v) is 11.4. The van der Waals surface area contributed by atoms with Crippen molar-refractivity contribution in [1.82, 2.24) is 14.5 Å². The molecule has 1 N–H and O–H groups in total. The van der Waals surface area contributed by atoms with Gasteiger partial charge in [0.2, 0.25) is 15.9 Å². The molecule has 1 amide bonds. The van der Waals surface area contributed by atoms with Gasteiger partial charge in [-0.05, 0) is 36.9 Å². The van der Waals surface area contributed by atoms with Crippen LogP contribution >= 0.6 is 11.3 Å². The molecular weight excluding hydrogens is 382 g/mol. The number of thiophene rings is 1. The van der Waals surface area contributed by atoms with E-state index in [0.717, 1.165) is 12.0 Å².